The third kappa shape index (κ3) is 8.84. The molecule has 0 aromatic carbocycles. The van der Waals surface area contributed by atoms with E-state index in [0.29, 0.717) is 25.0 Å². The fourth-order valence-corrected chi connectivity index (χ4v) is 2.49. The van der Waals surface area contributed by atoms with Crippen molar-refractivity contribution in [2.75, 3.05) is 18.8 Å². The molecule has 2 N–H and O–H groups in total. The highest BCUT2D eigenvalue weighted by Gasteiger charge is 2.09. The Kier molecular flexibility index (Phi) is 7.13. The number of hydrogen-bond acceptors (Lipinski definition) is 3. The quantitative estimate of drug-likeness (QED) is 0.660. The summed E-state index contributed by atoms with van der Waals surface area (Å²) in [7, 11) is -3.07. The van der Waals surface area contributed by atoms with Gasteiger partial charge >= 0.3 is 0 Å². The molecule has 0 saturated heterocycles. The molecule has 0 aliphatic rings. The summed E-state index contributed by atoms with van der Waals surface area (Å²) in [5, 5.41) is 3.21. The van der Waals surface area contributed by atoms with E-state index in [4.69, 9.17) is 0 Å². The summed E-state index contributed by atoms with van der Waals surface area (Å²) in [6.45, 7) is 9.17. The van der Waals surface area contributed by atoms with Crippen molar-refractivity contribution in [1.82, 2.24) is 10.0 Å². The molecule has 0 rings (SSSR count). The normalized spacial score (nSPS) is 14.5. The number of hydrogen-bond donors (Lipinski definition) is 2. The highest BCUT2D eigenvalue weighted by molar-refractivity contribution is 7.89. The maximum atomic E-state index is 11.3. The average Bonchev–Trinajstić information content (AvgIpc) is 2.01. The Bertz CT molecular complexity index is 250. The second-order valence-corrected chi connectivity index (χ2v) is 6.23. The van der Waals surface area contributed by atoms with Crippen molar-refractivity contribution in [3.05, 3.63) is 0 Å². The van der Waals surface area contributed by atoms with Crippen LogP contribution in [0, 0.1) is 5.92 Å². The second kappa shape index (κ2) is 7.19. The zero-order valence-corrected chi connectivity index (χ0v) is 11.0. The van der Waals surface area contributed by atoms with Crippen LogP contribution in [0.25, 0.3) is 0 Å². The van der Waals surface area contributed by atoms with Gasteiger partial charge in [0.2, 0.25) is 10.0 Å². The van der Waals surface area contributed by atoms with E-state index in [-0.39, 0.29) is 5.75 Å². The highest BCUT2D eigenvalue weighted by atomic mass is 32.2. The van der Waals surface area contributed by atoms with Crippen LogP contribution < -0.4 is 10.0 Å². The van der Waals surface area contributed by atoms with Gasteiger partial charge in [0, 0.05) is 19.1 Å². The zero-order valence-electron chi connectivity index (χ0n) is 10.2. The van der Waals surface area contributed by atoms with E-state index >= 15 is 0 Å². The van der Waals surface area contributed by atoms with E-state index in [1.165, 1.54) is 0 Å². The van der Waals surface area contributed by atoms with Crippen molar-refractivity contribution in [2.45, 2.75) is 40.2 Å². The van der Waals surface area contributed by atoms with Gasteiger partial charge in [0.25, 0.3) is 0 Å². The Morgan fingerprint density at radius 2 is 1.80 bits per heavy atom. The molecule has 0 aliphatic carbocycles. The van der Waals surface area contributed by atoms with E-state index in [1.54, 1.807) is 6.92 Å². The largest absolute Gasteiger partial charge is 0.313 e. The molecule has 15 heavy (non-hydrogen) atoms. The van der Waals surface area contributed by atoms with Crippen LogP contribution in [0.1, 0.15) is 34.1 Å². The van der Waals surface area contributed by atoms with E-state index in [1.807, 2.05) is 0 Å². The topological polar surface area (TPSA) is 58.2 Å². The summed E-state index contributed by atoms with van der Waals surface area (Å²) in [6, 6.07) is 0.377. The minimum absolute atomic E-state index is 0.156. The van der Waals surface area contributed by atoms with E-state index < -0.39 is 10.0 Å². The second-order valence-electron chi connectivity index (χ2n) is 4.30. The van der Waals surface area contributed by atoms with Gasteiger partial charge in [-0.25, -0.2) is 13.1 Å². The highest BCUT2D eigenvalue weighted by Crippen LogP contribution is 2.03. The lowest BCUT2D eigenvalue weighted by Gasteiger charge is -2.15. The van der Waals surface area contributed by atoms with Crippen LogP contribution in [0.2, 0.25) is 0 Å². The van der Waals surface area contributed by atoms with Crippen LogP contribution in [-0.2, 0) is 10.0 Å². The van der Waals surface area contributed by atoms with Crippen LogP contribution in [0.5, 0.6) is 0 Å². The Hall–Kier alpha value is -0.130. The maximum Gasteiger partial charge on any atom is 0.212 e. The minimum atomic E-state index is -3.07. The van der Waals surface area contributed by atoms with Gasteiger partial charge in [-0.2, -0.15) is 0 Å². The van der Waals surface area contributed by atoms with Crippen LogP contribution in [0.4, 0.5) is 0 Å². The van der Waals surface area contributed by atoms with E-state index in [2.05, 4.69) is 30.8 Å². The van der Waals surface area contributed by atoms with Gasteiger partial charge in [0.1, 0.15) is 0 Å². The molecule has 0 bridgehead atoms. The standard InChI is InChI=1S/C10H24N2O2S/c1-5-12-15(13,14)7-6-11-10(4)8-9(2)3/h9-12H,5-8H2,1-4H3. The third-order valence-corrected chi connectivity index (χ3v) is 3.52. The molecule has 0 aromatic rings. The number of rotatable bonds is 8. The van der Waals surface area contributed by atoms with Crippen molar-refractivity contribution in [2.24, 2.45) is 5.92 Å². The molecule has 0 radical (unpaired) electrons. The molecule has 1 unspecified atom stereocenters. The first-order valence-electron chi connectivity index (χ1n) is 5.58. The monoisotopic (exact) mass is 236 g/mol. The first-order valence-corrected chi connectivity index (χ1v) is 7.23. The van der Waals surface area contributed by atoms with Crippen molar-refractivity contribution in [3.63, 3.8) is 0 Å². The lowest BCUT2D eigenvalue weighted by atomic mass is 10.1. The molecule has 92 valence electrons. The average molecular weight is 236 g/mol. The smallest absolute Gasteiger partial charge is 0.212 e. The van der Waals surface area contributed by atoms with Gasteiger partial charge in [0.15, 0.2) is 0 Å². The molecule has 0 spiro atoms. The lowest BCUT2D eigenvalue weighted by molar-refractivity contribution is 0.450. The Labute approximate surface area is 93.9 Å². The molecule has 0 fully saturated rings. The Balaban J connectivity index is 3.70. The summed E-state index contributed by atoms with van der Waals surface area (Å²) < 4.78 is 25.0. The van der Waals surface area contributed by atoms with Crippen LogP contribution in [0.3, 0.4) is 0 Å². The van der Waals surface area contributed by atoms with Crippen LogP contribution in [0.15, 0.2) is 0 Å². The van der Waals surface area contributed by atoms with Gasteiger partial charge in [-0.05, 0) is 19.3 Å². The SMILES string of the molecule is CCNS(=O)(=O)CCNC(C)CC(C)C. The lowest BCUT2D eigenvalue weighted by Crippen LogP contribution is -2.35. The maximum absolute atomic E-state index is 11.3. The first-order chi connectivity index (χ1) is 6.87. The van der Waals surface area contributed by atoms with Gasteiger partial charge in [-0.1, -0.05) is 20.8 Å². The summed E-state index contributed by atoms with van der Waals surface area (Å²) in [5.41, 5.74) is 0. The molecule has 0 amide bonds. The van der Waals surface area contributed by atoms with Gasteiger partial charge in [0.05, 0.1) is 5.75 Å². The molecule has 0 aliphatic heterocycles. The van der Waals surface area contributed by atoms with Crippen molar-refractivity contribution >= 4 is 10.0 Å². The summed E-state index contributed by atoms with van der Waals surface area (Å²) in [6.07, 6.45) is 1.07. The minimum Gasteiger partial charge on any atom is -0.313 e. The Morgan fingerprint density at radius 3 is 2.27 bits per heavy atom. The molecule has 1 atom stereocenters. The van der Waals surface area contributed by atoms with E-state index in [9.17, 15) is 8.42 Å². The fraction of sp³-hybridized carbons (Fsp3) is 1.00. The molecular formula is C10H24N2O2S. The molecular weight excluding hydrogens is 212 g/mol. The van der Waals surface area contributed by atoms with Crippen molar-refractivity contribution in [3.8, 4) is 0 Å². The van der Waals surface area contributed by atoms with Crippen molar-refractivity contribution < 1.29 is 8.42 Å². The fourth-order valence-electron chi connectivity index (χ4n) is 1.52. The first kappa shape index (κ1) is 14.9. The Morgan fingerprint density at radius 1 is 1.20 bits per heavy atom. The van der Waals surface area contributed by atoms with Crippen LogP contribution in [-0.4, -0.2) is 33.3 Å². The molecule has 4 nitrogen and oxygen atoms in total. The molecule has 0 saturated carbocycles. The molecule has 0 heterocycles. The van der Waals surface area contributed by atoms with Gasteiger partial charge in [-0.3, -0.25) is 0 Å². The summed E-state index contributed by atoms with van der Waals surface area (Å²) in [4.78, 5) is 0. The van der Waals surface area contributed by atoms with Gasteiger partial charge in [-0.15, -0.1) is 0 Å². The number of nitrogens with one attached hydrogen (secondary N) is 2. The van der Waals surface area contributed by atoms with Crippen molar-refractivity contribution in [1.29, 1.82) is 0 Å². The van der Waals surface area contributed by atoms with Crippen LogP contribution >= 0.6 is 0 Å². The number of sulfonamides is 1. The summed E-state index contributed by atoms with van der Waals surface area (Å²) in [5.74, 6) is 0.793. The van der Waals surface area contributed by atoms with Gasteiger partial charge < -0.3 is 5.32 Å². The predicted octanol–water partition coefficient (Wildman–Crippen LogP) is 0.950. The third-order valence-electron chi connectivity index (χ3n) is 2.05. The molecule has 5 heteroatoms. The predicted molar refractivity (Wildman–Crippen MR) is 64.4 cm³/mol. The van der Waals surface area contributed by atoms with E-state index in [0.717, 1.165) is 6.42 Å². The zero-order chi connectivity index (χ0) is 11.9. The summed E-state index contributed by atoms with van der Waals surface area (Å²) >= 11 is 0. The molecule has 0 aromatic heterocycles.